The van der Waals surface area contributed by atoms with Gasteiger partial charge in [-0.25, -0.2) is 0 Å². The Bertz CT molecular complexity index is 326. The molecule has 0 saturated carbocycles. The molecular weight excluding hydrogens is 232 g/mol. The van der Waals surface area contributed by atoms with Crippen molar-refractivity contribution in [2.45, 2.75) is 37.8 Å². The normalized spacial score (nSPS) is 12.5. The van der Waals surface area contributed by atoms with E-state index in [0.717, 1.165) is 0 Å². The van der Waals surface area contributed by atoms with E-state index in [1.54, 1.807) is 0 Å². The highest BCUT2D eigenvalue weighted by Crippen LogP contribution is 2.37. The van der Waals surface area contributed by atoms with Crippen LogP contribution in [0.2, 0.25) is 0 Å². The molecule has 0 aromatic heterocycles. The minimum absolute atomic E-state index is 0.609. The van der Waals surface area contributed by atoms with Gasteiger partial charge in [0.25, 0.3) is 0 Å². The van der Waals surface area contributed by atoms with Gasteiger partial charge in [0.15, 0.2) is 0 Å². The van der Waals surface area contributed by atoms with E-state index >= 15 is 0 Å². The van der Waals surface area contributed by atoms with Crippen molar-refractivity contribution in [2.24, 2.45) is 5.92 Å². The fraction of sp³-hybridized carbons (Fsp3) is 0.429. The number of thioether (sulfide) groups is 2. The SMILES string of the molecule is CC(C)C=C(Sc1ccccc1)SC(C)C. The lowest BCUT2D eigenvalue weighted by Gasteiger charge is -2.10. The molecule has 0 amide bonds. The number of benzene rings is 1. The van der Waals surface area contributed by atoms with E-state index < -0.39 is 0 Å². The van der Waals surface area contributed by atoms with Crippen molar-refractivity contribution in [2.75, 3.05) is 0 Å². The molecule has 0 atom stereocenters. The molecule has 0 heterocycles. The molecule has 0 radical (unpaired) electrons. The van der Waals surface area contributed by atoms with Crippen molar-refractivity contribution in [1.29, 1.82) is 0 Å². The van der Waals surface area contributed by atoms with E-state index in [0.29, 0.717) is 11.2 Å². The third-order valence-electron chi connectivity index (χ3n) is 1.78. The van der Waals surface area contributed by atoms with Gasteiger partial charge in [-0.2, -0.15) is 0 Å². The smallest absolute Gasteiger partial charge is 0.0415 e. The zero-order valence-electron chi connectivity index (χ0n) is 10.4. The maximum Gasteiger partial charge on any atom is 0.0415 e. The summed E-state index contributed by atoms with van der Waals surface area (Å²) in [5.74, 6) is 0.609. The fourth-order valence-corrected chi connectivity index (χ4v) is 3.95. The van der Waals surface area contributed by atoms with Crippen molar-refractivity contribution in [3.05, 3.63) is 40.6 Å². The van der Waals surface area contributed by atoms with Crippen LogP contribution in [0, 0.1) is 5.92 Å². The van der Waals surface area contributed by atoms with Gasteiger partial charge in [0.2, 0.25) is 0 Å². The van der Waals surface area contributed by atoms with Crippen LogP contribution in [0.25, 0.3) is 0 Å². The molecule has 1 aromatic carbocycles. The molecule has 0 bridgehead atoms. The second-order valence-electron chi connectivity index (χ2n) is 4.31. The summed E-state index contributed by atoms with van der Waals surface area (Å²) in [6.45, 7) is 8.94. The first-order chi connectivity index (χ1) is 7.58. The molecule has 2 heteroatoms. The van der Waals surface area contributed by atoms with Gasteiger partial charge in [0.05, 0.1) is 0 Å². The summed E-state index contributed by atoms with van der Waals surface area (Å²) >= 11 is 3.82. The number of rotatable bonds is 5. The summed E-state index contributed by atoms with van der Waals surface area (Å²) < 4.78 is 1.41. The van der Waals surface area contributed by atoms with Gasteiger partial charge >= 0.3 is 0 Å². The van der Waals surface area contributed by atoms with Crippen LogP contribution in [0.4, 0.5) is 0 Å². The van der Waals surface area contributed by atoms with Crippen LogP contribution in [-0.2, 0) is 0 Å². The highest BCUT2D eigenvalue weighted by Gasteiger charge is 2.05. The van der Waals surface area contributed by atoms with Crippen LogP contribution in [0.15, 0.2) is 45.5 Å². The third kappa shape index (κ3) is 5.66. The molecule has 0 saturated heterocycles. The summed E-state index contributed by atoms with van der Waals surface area (Å²) in [4.78, 5) is 1.32. The monoisotopic (exact) mass is 252 g/mol. The first-order valence-corrected chi connectivity index (χ1v) is 7.39. The highest BCUT2D eigenvalue weighted by molar-refractivity contribution is 8.22. The third-order valence-corrected chi connectivity index (χ3v) is 4.01. The maximum atomic E-state index is 2.35. The Labute approximate surface area is 108 Å². The van der Waals surface area contributed by atoms with Crippen molar-refractivity contribution in [1.82, 2.24) is 0 Å². The lowest BCUT2D eigenvalue weighted by Crippen LogP contribution is -1.88. The summed E-state index contributed by atoms with van der Waals surface area (Å²) in [5, 5.41) is 0.640. The van der Waals surface area contributed by atoms with Crippen LogP contribution in [0.1, 0.15) is 27.7 Å². The topological polar surface area (TPSA) is 0 Å². The van der Waals surface area contributed by atoms with Crippen LogP contribution >= 0.6 is 23.5 Å². The molecule has 0 aliphatic carbocycles. The summed E-state index contributed by atoms with van der Waals surface area (Å²) in [7, 11) is 0. The Morgan fingerprint density at radius 3 is 2.19 bits per heavy atom. The van der Waals surface area contributed by atoms with E-state index in [2.05, 4.69) is 64.1 Å². The van der Waals surface area contributed by atoms with Crippen molar-refractivity contribution < 1.29 is 0 Å². The lowest BCUT2D eigenvalue weighted by atomic mass is 10.2. The molecule has 0 N–H and O–H groups in total. The van der Waals surface area contributed by atoms with Crippen molar-refractivity contribution in [3.8, 4) is 0 Å². The Hall–Kier alpha value is -0.340. The predicted octanol–water partition coefficient (Wildman–Crippen LogP) is 5.42. The fourth-order valence-electron chi connectivity index (χ4n) is 1.21. The molecule has 88 valence electrons. The Morgan fingerprint density at radius 1 is 1.06 bits per heavy atom. The molecular formula is C14H20S2. The molecule has 0 fully saturated rings. The van der Waals surface area contributed by atoms with E-state index in [9.17, 15) is 0 Å². The largest absolute Gasteiger partial charge is 0.116 e. The van der Waals surface area contributed by atoms with Crippen LogP contribution in [-0.4, -0.2) is 5.25 Å². The Balaban J connectivity index is 2.71. The van der Waals surface area contributed by atoms with Gasteiger partial charge < -0.3 is 0 Å². The Morgan fingerprint density at radius 2 is 1.69 bits per heavy atom. The van der Waals surface area contributed by atoms with Crippen molar-refractivity contribution in [3.63, 3.8) is 0 Å². The van der Waals surface area contributed by atoms with Gasteiger partial charge in [-0.3, -0.25) is 0 Å². The van der Waals surface area contributed by atoms with Crippen LogP contribution in [0.3, 0.4) is 0 Å². The van der Waals surface area contributed by atoms with E-state index in [1.165, 1.54) is 9.13 Å². The zero-order chi connectivity index (χ0) is 12.0. The summed E-state index contributed by atoms with van der Waals surface area (Å²) in [5.41, 5.74) is 0. The molecule has 0 nitrogen and oxygen atoms in total. The molecule has 0 unspecified atom stereocenters. The van der Waals surface area contributed by atoms with Gasteiger partial charge in [-0.15, -0.1) is 11.8 Å². The first-order valence-electron chi connectivity index (χ1n) is 5.69. The van der Waals surface area contributed by atoms with Gasteiger partial charge in [0.1, 0.15) is 0 Å². The minimum Gasteiger partial charge on any atom is -0.116 e. The standard InChI is InChI=1S/C14H20S2/c1-11(2)10-14(15-12(3)4)16-13-8-6-5-7-9-13/h5-12H,1-4H3. The second-order valence-corrected chi connectivity index (χ2v) is 7.30. The van der Waals surface area contributed by atoms with Crippen LogP contribution in [0.5, 0.6) is 0 Å². The quantitative estimate of drug-likeness (QED) is 0.642. The summed E-state index contributed by atoms with van der Waals surface area (Å²) in [6.07, 6.45) is 2.35. The first kappa shape index (κ1) is 13.7. The maximum absolute atomic E-state index is 2.35. The predicted molar refractivity (Wildman–Crippen MR) is 77.9 cm³/mol. The zero-order valence-corrected chi connectivity index (χ0v) is 12.1. The van der Waals surface area contributed by atoms with Crippen molar-refractivity contribution >= 4 is 23.5 Å². The molecule has 1 rings (SSSR count). The van der Waals surface area contributed by atoms with Gasteiger partial charge in [-0.1, -0.05) is 63.7 Å². The van der Waals surface area contributed by atoms with E-state index in [1.807, 2.05) is 23.5 Å². The minimum atomic E-state index is 0.609. The average molecular weight is 252 g/mol. The number of hydrogen-bond acceptors (Lipinski definition) is 2. The average Bonchev–Trinajstić information content (AvgIpc) is 2.16. The molecule has 1 aromatic rings. The molecule has 0 aliphatic rings. The van der Waals surface area contributed by atoms with E-state index in [-0.39, 0.29) is 0 Å². The van der Waals surface area contributed by atoms with Gasteiger partial charge in [-0.05, 0) is 18.1 Å². The molecule has 16 heavy (non-hydrogen) atoms. The number of hydrogen-bond donors (Lipinski definition) is 0. The number of allylic oxidation sites excluding steroid dienone is 1. The van der Waals surface area contributed by atoms with Gasteiger partial charge in [0, 0.05) is 14.4 Å². The molecule has 0 aliphatic heterocycles. The summed E-state index contributed by atoms with van der Waals surface area (Å²) in [6, 6.07) is 10.6. The lowest BCUT2D eigenvalue weighted by molar-refractivity contribution is 0.832. The highest BCUT2D eigenvalue weighted by atomic mass is 32.2. The Kier molecular flexibility index (Phi) is 6.07. The second kappa shape index (κ2) is 7.08. The van der Waals surface area contributed by atoms with E-state index in [4.69, 9.17) is 0 Å². The van der Waals surface area contributed by atoms with Crippen LogP contribution < -0.4 is 0 Å². The molecule has 0 spiro atoms.